The first-order chi connectivity index (χ1) is 14.2. The Hall–Kier alpha value is -3.12. The van der Waals surface area contributed by atoms with Crippen molar-refractivity contribution in [3.05, 3.63) is 71.2 Å². The van der Waals surface area contributed by atoms with E-state index in [0.717, 1.165) is 27.6 Å². The minimum atomic E-state index is 0.499. The van der Waals surface area contributed by atoms with Crippen molar-refractivity contribution >= 4 is 27.6 Å². The zero-order valence-corrected chi connectivity index (χ0v) is 17.0. The van der Waals surface area contributed by atoms with Crippen LogP contribution >= 0.6 is 0 Å². The Morgan fingerprint density at radius 1 is 1.00 bits per heavy atom. The van der Waals surface area contributed by atoms with E-state index in [0.29, 0.717) is 5.92 Å². The Morgan fingerprint density at radius 2 is 1.76 bits per heavy atom. The summed E-state index contributed by atoms with van der Waals surface area (Å²) in [5.41, 5.74) is 7.29. The number of hydrogen-bond donors (Lipinski definition) is 0. The Kier molecular flexibility index (Phi) is 4.36. The van der Waals surface area contributed by atoms with Gasteiger partial charge in [0.2, 0.25) is 5.69 Å². The van der Waals surface area contributed by atoms with Gasteiger partial charge in [-0.1, -0.05) is 25.3 Å². The van der Waals surface area contributed by atoms with Crippen molar-refractivity contribution in [1.82, 2.24) is 0 Å². The van der Waals surface area contributed by atoms with Gasteiger partial charge in [-0.2, -0.15) is 0 Å². The van der Waals surface area contributed by atoms with Crippen molar-refractivity contribution in [3.63, 3.8) is 0 Å². The first-order valence-electron chi connectivity index (χ1n) is 10.5. The van der Waals surface area contributed by atoms with Crippen LogP contribution in [0.15, 0.2) is 53.1 Å². The molecule has 0 atom stereocenters. The average molecular weight is 381 g/mol. The van der Waals surface area contributed by atoms with Crippen molar-refractivity contribution in [2.75, 3.05) is 0 Å². The molecule has 2 heterocycles. The first kappa shape index (κ1) is 17.9. The molecule has 1 aliphatic carbocycles. The molecule has 0 aliphatic heterocycles. The Bertz CT molecular complexity index is 1270. The predicted octanol–water partition coefficient (Wildman–Crippen LogP) is 6.98. The lowest BCUT2D eigenvalue weighted by atomic mass is 9.83. The van der Waals surface area contributed by atoms with Gasteiger partial charge < -0.3 is 4.42 Å². The van der Waals surface area contributed by atoms with Crippen LogP contribution in [0.25, 0.3) is 38.0 Å². The summed E-state index contributed by atoms with van der Waals surface area (Å²) in [7, 11) is 2.08. The number of rotatable bonds is 2. The van der Waals surface area contributed by atoms with E-state index < -0.39 is 0 Å². The van der Waals surface area contributed by atoms with Crippen LogP contribution in [0.4, 0.5) is 5.69 Å². The molecule has 1 saturated carbocycles. The van der Waals surface area contributed by atoms with Crippen LogP contribution < -0.4 is 4.57 Å². The minimum Gasteiger partial charge on any atom is -0.457 e. The van der Waals surface area contributed by atoms with Gasteiger partial charge in [0.15, 0.2) is 11.9 Å². The highest BCUT2D eigenvalue weighted by Gasteiger charge is 2.22. The van der Waals surface area contributed by atoms with Gasteiger partial charge in [-0.25, -0.2) is 9.41 Å². The number of furan rings is 1. The number of benzene rings is 2. The molecule has 4 aromatic rings. The van der Waals surface area contributed by atoms with Crippen molar-refractivity contribution in [1.29, 1.82) is 0 Å². The third-order valence-corrected chi connectivity index (χ3v) is 6.46. The van der Waals surface area contributed by atoms with Gasteiger partial charge in [-0.05, 0) is 61.1 Å². The van der Waals surface area contributed by atoms with Gasteiger partial charge in [-0.15, -0.1) is 0 Å². The fourth-order valence-corrected chi connectivity index (χ4v) is 4.89. The van der Waals surface area contributed by atoms with Gasteiger partial charge in [-0.3, -0.25) is 0 Å². The topological polar surface area (TPSA) is 21.4 Å². The number of aryl methyl sites for hydroxylation is 2. The highest BCUT2D eigenvalue weighted by molar-refractivity contribution is 6.08. The van der Waals surface area contributed by atoms with E-state index in [1.54, 1.807) is 0 Å². The van der Waals surface area contributed by atoms with E-state index in [9.17, 15) is 0 Å². The van der Waals surface area contributed by atoms with E-state index in [4.69, 9.17) is 11.0 Å². The highest BCUT2D eigenvalue weighted by Crippen LogP contribution is 2.42. The van der Waals surface area contributed by atoms with Gasteiger partial charge in [0.1, 0.15) is 18.2 Å². The fourth-order valence-electron chi connectivity index (χ4n) is 4.89. The molecular weight excluding hydrogens is 356 g/mol. The van der Waals surface area contributed by atoms with Crippen molar-refractivity contribution in [3.8, 4) is 11.3 Å². The van der Waals surface area contributed by atoms with Gasteiger partial charge in [0.05, 0.1) is 6.57 Å². The van der Waals surface area contributed by atoms with E-state index in [1.807, 2.05) is 12.1 Å². The lowest BCUT2D eigenvalue weighted by molar-refractivity contribution is -0.660. The lowest BCUT2D eigenvalue weighted by Gasteiger charge is -2.23. The Balaban J connectivity index is 1.75. The summed E-state index contributed by atoms with van der Waals surface area (Å²) >= 11 is 0. The van der Waals surface area contributed by atoms with E-state index in [1.165, 1.54) is 54.5 Å². The molecule has 0 bridgehead atoms. The summed E-state index contributed by atoms with van der Waals surface area (Å²) in [6, 6.07) is 14.9. The van der Waals surface area contributed by atoms with Gasteiger partial charge >= 0.3 is 0 Å². The van der Waals surface area contributed by atoms with Crippen LogP contribution in [0, 0.1) is 13.5 Å². The number of aromatic nitrogens is 1. The highest BCUT2D eigenvalue weighted by atomic mass is 16.3. The first-order valence-corrected chi connectivity index (χ1v) is 10.5. The maximum absolute atomic E-state index is 7.70. The molecule has 3 nitrogen and oxygen atoms in total. The molecule has 2 aromatic heterocycles. The van der Waals surface area contributed by atoms with Crippen LogP contribution in [0.3, 0.4) is 0 Å². The predicted molar refractivity (Wildman–Crippen MR) is 117 cm³/mol. The number of hydrogen-bond acceptors (Lipinski definition) is 1. The lowest BCUT2D eigenvalue weighted by Crippen LogP contribution is -2.30. The maximum Gasteiger partial charge on any atom is 0.212 e. The van der Waals surface area contributed by atoms with Crippen LogP contribution in [0.5, 0.6) is 0 Å². The summed E-state index contributed by atoms with van der Waals surface area (Å²) in [5.74, 6) is 0.499. The zero-order chi connectivity index (χ0) is 20.0. The standard InChI is InChI=1S/C26H25N2O/c1-17-13-25-21(14-19(17)24-11-7-8-12-28(24)3)22-15-20(18-9-5-4-6-10-18)23(27-2)16-26(22)29-25/h7-8,11-16,18H,4-6,9-10H2,1,3H3/q+1. The van der Waals surface area contributed by atoms with Crippen LogP contribution in [-0.4, -0.2) is 0 Å². The van der Waals surface area contributed by atoms with Crippen molar-refractivity contribution in [2.24, 2.45) is 7.05 Å². The number of nitrogens with zero attached hydrogens (tertiary/aromatic N) is 2. The second-order valence-corrected chi connectivity index (χ2v) is 8.32. The largest absolute Gasteiger partial charge is 0.457 e. The fraction of sp³-hybridized carbons (Fsp3) is 0.308. The van der Waals surface area contributed by atoms with Crippen LogP contribution in [0.1, 0.15) is 49.1 Å². The molecule has 5 rings (SSSR count). The second kappa shape index (κ2) is 7.04. The zero-order valence-electron chi connectivity index (χ0n) is 17.0. The third kappa shape index (κ3) is 3.00. The van der Waals surface area contributed by atoms with Crippen molar-refractivity contribution in [2.45, 2.75) is 44.9 Å². The molecule has 0 radical (unpaired) electrons. The number of fused-ring (bicyclic) bond motifs is 3. The third-order valence-electron chi connectivity index (χ3n) is 6.46. The second-order valence-electron chi connectivity index (χ2n) is 8.32. The van der Waals surface area contributed by atoms with E-state index in [2.05, 4.69) is 59.9 Å². The molecule has 0 spiro atoms. The summed E-state index contributed by atoms with van der Waals surface area (Å²) in [5, 5.41) is 2.27. The smallest absolute Gasteiger partial charge is 0.212 e. The summed E-state index contributed by atoms with van der Waals surface area (Å²) in [6.45, 7) is 9.83. The van der Waals surface area contributed by atoms with Gasteiger partial charge in [0, 0.05) is 28.5 Å². The molecule has 29 heavy (non-hydrogen) atoms. The van der Waals surface area contributed by atoms with E-state index in [-0.39, 0.29) is 0 Å². The maximum atomic E-state index is 7.70. The molecule has 0 unspecified atom stereocenters. The van der Waals surface area contributed by atoms with Crippen LogP contribution in [-0.2, 0) is 7.05 Å². The molecular formula is C26H25N2O+. The minimum absolute atomic E-state index is 0.499. The molecule has 144 valence electrons. The molecule has 0 amide bonds. The van der Waals surface area contributed by atoms with Crippen LogP contribution in [0.2, 0.25) is 0 Å². The average Bonchev–Trinajstić information content (AvgIpc) is 3.09. The molecule has 1 fully saturated rings. The number of pyridine rings is 1. The molecule has 0 N–H and O–H groups in total. The van der Waals surface area contributed by atoms with Crippen molar-refractivity contribution < 1.29 is 8.98 Å². The quantitative estimate of drug-likeness (QED) is 0.271. The summed E-state index contributed by atoms with van der Waals surface area (Å²) in [4.78, 5) is 3.85. The molecule has 2 aromatic carbocycles. The molecule has 3 heteroatoms. The van der Waals surface area contributed by atoms with E-state index >= 15 is 0 Å². The van der Waals surface area contributed by atoms with Gasteiger partial charge in [0.25, 0.3) is 0 Å². The summed E-state index contributed by atoms with van der Waals surface area (Å²) < 4.78 is 8.34. The molecule has 0 saturated heterocycles. The summed E-state index contributed by atoms with van der Waals surface area (Å²) in [6.07, 6.45) is 8.30. The Labute approximate surface area is 171 Å². The monoisotopic (exact) mass is 381 g/mol. The Morgan fingerprint density at radius 3 is 2.52 bits per heavy atom. The molecule has 1 aliphatic rings. The normalized spacial score (nSPS) is 15.1. The SMILES string of the molecule is [C-]#[N+]c1cc2oc3cc(C)c(-c4cccc[n+]4C)cc3c2cc1C1CCCCC1.